The van der Waals surface area contributed by atoms with Gasteiger partial charge in [-0.15, -0.1) is 0 Å². The van der Waals surface area contributed by atoms with Gasteiger partial charge < -0.3 is 4.74 Å². The summed E-state index contributed by atoms with van der Waals surface area (Å²) in [4.78, 5) is 12.3. The molecule has 2 rings (SSSR count). The Bertz CT molecular complexity index is 406. The van der Waals surface area contributed by atoms with E-state index in [1.54, 1.807) is 0 Å². The van der Waals surface area contributed by atoms with E-state index < -0.39 is 0 Å². The van der Waals surface area contributed by atoms with Crippen molar-refractivity contribution in [2.75, 3.05) is 6.61 Å². The van der Waals surface area contributed by atoms with E-state index in [4.69, 9.17) is 4.74 Å². The van der Waals surface area contributed by atoms with Gasteiger partial charge in [0.15, 0.2) is 5.76 Å². The first-order chi connectivity index (χ1) is 8.33. The van der Waals surface area contributed by atoms with Crippen LogP contribution in [0.2, 0.25) is 0 Å². The Morgan fingerprint density at radius 3 is 2.71 bits per heavy atom. The maximum absolute atomic E-state index is 12.3. The third-order valence-electron chi connectivity index (χ3n) is 3.11. The molecule has 1 aromatic rings. The Hall–Kier alpha value is -1.57. The number of rotatable bonds is 4. The lowest BCUT2D eigenvalue weighted by atomic mass is 9.90. The zero-order valence-corrected chi connectivity index (χ0v) is 10.2. The molecule has 0 amide bonds. The lowest BCUT2D eigenvalue weighted by Gasteiger charge is -2.19. The predicted molar refractivity (Wildman–Crippen MR) is 67.8 cm³/mol. The molecular formula is C15H18O2. The molecule has 2 heteroatoms. The van der Waals surface area contributed by atoms with Crippen molar-refractivity contribution in [2.24, 2.45) is 0 Å². The van der Waals surface area contributed by atoms with Gasteiger partial charge >= 0.3 is 0 Å². The van der Waals surface area contributed by atoms with Crippen molar-refractivity contribution in [3.05, 3.63) is 47.7 Å². The summed E-state index contributed by atoms with van der Waals surface area (Å²) >= 11 is 0. The minimum atomic E-state index is -0.0689. The van der Waals surface area contributed by atoms with Gasteiger partial charge in [0.1, 0.15) is 0 Å². The number of allylic oxidation sites excluding steroid dienone is 2. The van der Waals surface area contributed by atoms with Gasteiger partial charge in [0.05, 0.1) is 12.5 Å². The topological polar surface area (TPSA) is 26.3 Å². The average Bonchev–Trinajstić information content (AvgIpc) is 2.42. The van der Waals surface area contributed by atoms with Crippen LogP contribution >= 0.6 is 0 Å². The highest BCUT2D eigenvalue weighted by molar-refractivity contribution is 5.98. The van der Waals surface area contributed by atoms with E-state index in [2.05, 4.69) is 0 Å². The molecular weight excluding hydrogens is 212 g/mol. The SMILES string of the molecule is CCC(C(=O)C1=CCCCO1)c1ccccc1. The molecule has 0 radical (unpaired) electrons. The number of ether oxygens (including phenoxy) is 1. The molecule has 90 valence electrons. The molecule has 17 heavy (non-hydrogen) atoms. The average molecular weight is 230 g/mol. The molecule has 0 aliphatic carbocycles. The molecule has 2 nitrogen and oxygen atoms in total. The van der Waals surface area contributed by atoms with Gasteiger partial charge in [0.2, 0.25) is 5.78 Å². The van der Waals surface area contributed by atoms with Gasteiger partial charge in [-0.05, 0) is 30.9 Å². The Balaban J connectivity index is 2.19. The number of hydrogen-bond acceptors (Lipinski definition) is 2. The van der Waals surface area contributed by atoms with Gasteiger partial charge in [-0.3, -0.25) is 4.79 Å². The standard InChI is InChI=1S/C15H18O2/c1-2-13(12-8-4-3-5-9-12)15(16)14-10-6-7-11-17-14/h3-5,8-10,13H,2,6-7,11H2,1H3. The number of Topliss-reactive ketones (excluding diaryl/α,β-unsaturated/α-hetero) is 1. The largest absolute Gasteiger partial charge is 0.490 e. The first-order valence-corrected chi connectivity index (χ1v) is 6.25. The van der Waals surface area contributed by atoms with Gasteiger partial charge in [0, 0.05) is 0 Å². The van der Waals surface area contributed by atoms with Gasteiger partial charge in [-0.2, -0.15) is 0 Å². The third-order valence-corrected chi connectivity index (χ3v) is 3.11. The molecule has 1 atom stereocenters. The summed E-state index contributed by atoms with van der Waals surface area (Å²) in [7, 11) is 0. The van der Waals surface area contributed by atoms with Gasteiger partial charge in [-0.1, -0.05) is 37.3 Å². The van der Waals surface area contributed by atoms with Crippen LogP contribution in [0.4, 0.5) is 0 Å². The molecule has 1 aliphatic heterocycles. The molecule has 0 bridgehead atoms. The number of carbonyl (C=O) groups is 1. The highest BCUT2D eigenvalue weighted by Crippen LogP contribution is 2.25. The summed E-state index contributed by atoms with van der Waals surface area (Å²) in [5, 5.41) is 0. The fourth-order valence-electron chi connectivity index (χ4n) is 2.16. The molecule has 0 aromatic heterocycles. The first kappa shape index (κ1) is 11.9. The number of ketones is 1. The smallest absolute Gasteiger partial charge is 0.204 e. The van der Waals surface area contributed by atoms with Crippen LogP contribution in [0.1, 0.15) is 37.7 Å². The molecule has 0 saturated carbocycles. The molecule has 1 aromatic carbocycles. The third kappa shape index (κ3) is 2.76. The zero-order chi connectivity index (χ0) is 12.1. The van der Waals surface area contributed by atoms with E-state index in [1.807, 2.05) is 43.3 Å². The van der Waals surface area contributed by atoms with Crippen molar-refractivity contribution >= 4 is 5.78 Å². The van der Waals surface area contributed by atoms with Crippen molar-refractivity contribution in [3.63, 3.8) is 0 Å². The maximum Gasteiger partial charge on any atom is 0.204 e. The first-order valence-electron chi connectivity index (χ1n) is 6.25. The summed E-state index contributed by atoms with van der Waals surface area (Å²) in [6.45, 7) is 2.71. The van der Waals surface area contributed by atoms with E-state index in [9.17, 15) is 4.79 Å². The van der Waals surface area contributed by atoms with Gasteiger partial charge in [0.25, 0.3) is 0 Å². The summed E-state index contributed by atoms with van der Waals surface area (Å²) in [5.74, 6) is 0.617. The van der Waals surface area contributed by atoms with E-state index in [0.717, 1.165) is 24.8 Å². The van der Waals surface area contributed by atoms with Crippen molar-refractivity contribution in [2.45, 2.75) is 32.1 Å². The van der Waals surface area contributed by atoms with Crippen LogP contribution in [-0.4, -0.2) is 12.4 Å². The Morgan fingerprint density at radius 1 is 1.35 bits per heavy atom. The van der Waals surface area contributed by atoms with Crippen LogP contribution in [0.3, 0.4) is 0 Å². The second kappa shape index (κ2) is 5.67. The Kier molecular flexibility index (Phi) is 3.97. The summed E-state index contributed by atoms with van der Waals surface area (Å²) in [6.07, 6.45) is 4.70. The lowest BCUT2D eigenvalue weighted by molar-refractivity contribution is -0.120. The second-order valence-electron chi connectivity index (χ2n) is 4.29. The fraction of sp³-hybridized carbons (Fsp3) is 0.400. The highest BCUT2D eigenvalue weighted by atomic mass is 16.5. The monoisotopic (exact) mass is 230 g/mol. The maximum atomic E-state index is 12.3. The highest BCUT2D eigenvalue weighted by Gasteiger charge is 2.24. The van der Waals surface area contributed by atoms with E-state index >= 15 is 0 Å². The van der Waals surface area contributed by atoms with Gasteiger partial charge in [-0.25, -0.2) is 0 Å². The van der Waals surface area contributed by atoms with Crippen LogP contribution < -0.4 is 0 Å². The van der Waals surface area contributed by atoms with Crippen LogP contribution in [-0.2, 0) is 9.53 Å². The zero-order valence-electron chi connectivity index (χ0n) is 10.2. The molecule has 0 spiro atoms. The van der Waals surface area contributed by atoms with Crippen LogP contribution in [0.25, 0.3) is 0 Å². The normalized spacial score (nSPS) is 16.9. The lowest BCUT2D eigenvalue weighted by Crippen LogP contribution is -2.18. The van der Waals surface area contributed by atoms with Crippen molar-refractivity contribution in [1.82, 2.24) is 0 Å². The van der Waals surface area contributed by atoms with E-state index in [1.165, 1.54) is 0 Å². The number of hydrogen-bond donors (Lipinski definition) is 0. The minimum Gasteiger partial charge on any atom is -0.490 e. The molecule has 0 N–H and O–H groups in total. The van der Waals surface area contributed by atoms with Crippen molar-refractivity contribution < 1.29 is 9.53 Å². The molecule has 0 saturated heterocycles. The number of benzene rings is 1. The molecule has 1 heterocycles. The van der Waals surface area contributed by atoms with E-state index in [-0.39, 0.29) is 11.7 Å². The quantitative estimate of drug-likeness (QED) is 0.792. The predicted octanol–water partition coefficient (Wildman–Crippen LogP) is 3.44. The fourth-order valence-corrected chi connectivity index (χ4v) is 2.16. The second-order valence-corrected chi connectivity index (χ2v) is 4.29. The Morgan fingerprint density at radius 2 is 2.12 bits per heavy atom. The van der Waals surface area contributed by atoms with Crippen LogP contribution in [0.15, 0.2) is 42.2 Å². The molecule has 0 fully saturated rings. The molecule has 1 aliphatic rings. The van der Waals surface area contributed by atoms with Crippen molar-refractivity contribution in [1.29, 1.82) is 0 Å². The van der Waals surface area contributed by atoms with E-state index in [0.29, 0.717) is 12.4 Å². The van der Waals surface area contributed by atoms with Crippen LogP contribution in [0, 0.1) is 0 Å². The minimum absolute atomic E-state index is 0.0689. The molecule has 1 unspecified atom stereocenters. The Labute approximate surface area is 102 Å². The van der Waals surface area contributed by atoms with Crippen molar-refractivity contribution in [3.8, 4) is 0 Å². The summed E-state index contributed by atoms with van der Waals surface area (Å²) in [5.41, 5.74) is 1.08. The number of carbonyl (C=O) groups excluding carboxylic acids is 1. The van der Waals surface area contributed by atoms with Crippen LogP contribution in [0.5, 0.6) is 0 Å². The summed E-state index contributed by atoms with van der Waals surface area (Å²) in [6, 6.07) is 9.94. The summed E-state index contributed by atoms with van der Waals surface area (Å²) < 4.78 is 5.46.